The monoisotopic (exact) mass is 332 g/mol. The van der Waals surface area contributed by atoms with Crippen molar-refractivity contribution >= 4 is 54.6 Å². The van der Waals surface area contributed by atoms with E-state index in [9.17, 15) is 0 Å². The van der Waals surface area contributed by atoms with E-state index in [-0.39, 0.29) is 0 Å². The molecule has 104 valence electrons. The van der Waals surface area contributed by atoms with Gasteiger partial charge in [0.15, 0.2) is 5.82 Å². The van der Waals surface area contributed by atoms with Crippen molar-refractivity contribution in [2.24, 2.45) is 0 Å². The number of nitrogens with zero attached hydrogens (tertiary/aromatic N) is 2. The van der Waals surface area contributed by atoms with Crippen molar-refractivity contribution in [3.05, 3.63) is 40.9 Å². The van der Waals surface area contributed by atoms with E-state index in [1.54, 1.807) is 29.8 Å². The number of ether oxygens (including phenoxy) is 1. The molecule has 0 radical (unpaired) electrons. The molecule has 21 heavy (non-hydrogen) atoms. The second kappa shape index (κ2) is 4.94. The van der Waals surface area contributed by atoms with Gasteiger partial charge in [0.05, 0.1) is 17.5 Å². The predicted molar refractivity (Wildman–Crippen MR) is 89.8 cm³/mol. The normalized spacial score (nSPS) is 11.3. The fourth-order valence-electron chi connectivity index (χ4n) is 2.18. The molecule has 0 atom stereocenters. The zero-order valence-electron chi connectivity index (χ0n) is 11.0. The molecule has 1 aromatic carbocycles. The van der Waals surface area contributed by atoms with Crippen LogP contribution < -0.4 is 4.74 Å². The van der Waals surface area contributed by atoms with Gasteiger partial charge in [-0.3, -0.25) is 0 Å². The van der Waals surface area contributed by atoms with Crippen LogP contribution >= 0.6 is 34.3 Å². The Kier molecular flexibility index (Phi) is 3.06. The largest absolute Gasteiger partial charge is 0.497 e. The average Bonchev–Trinajstić information content (AvgIpc) is 3.08. The number of aromatic nitrogens is 2. The molecule has 0 aliphatic heterocycles. The average molecular weight is 333 g/mol. The minimum absolute atomic E-state index is 0.450. The second-order valence-corrected chi connectivity index (χ2v) is 6.87. The molecule has 6 heteroatoms. The third-order valence-electron chi connectivity index (χ3n) is 3.22. The highest BCUT2D eigenvalue weighted by Gasteiger charge is 2.12. The van der Waals surface area contributed by atoms with Crippen molar-refractivity contribution in [3.8, 4) is 16.5 Å². The Hall–Kier alpha value is -1.69. The van der Waals surface area contributed by atoms with Crippen molar-refractivity contribution in [1.29, 1.82) is 0 Å². The molecule has 0 unspecified atom stereocenters. The van der Waals surface area contributed by atoms with Gasteiger partial charge in [0, 0.05) is 14.8 Å². The summed E-state index contributed by atoms with van der Waals surface area (Å²) in [6, 6.07) is 9.87. The Bertz CT molecular complexity index is 932. The molecule has 0 fully saturated rings. The van der Waals surface area contributed by atoms with Crippen molar-refractivity contribution < 1.29 is 4.74 Å². The van der Waals surface area contributed by atoms with E-state index < -0.39 is 0 Å². The van der Waals surface area contributed by atoms with E-state index in [2.05, 4.69) is 27.5 Å². The van der Waals surface area contributed by atoms with Crippen molar-refractivity contribution in [3.63, 3.8) is 0 Å². The Morgan fingerprint density at radius 3 is 2.81 bits per heavy atom. The maximum absolute atomic E-state index is 6.31. The van der Waals surface area contributed by atoms with Gasteiger partial charge in [0.2, 0.25) is 0 Å². The summed E-state index contributed by atoms with van der Waals surface area (Å²) in [5, 5.41) is 3.34. The van der Waals surface area contributed by atoms with Gasteiger partial charge in [0.1, 0.15) is 10.9 Å². The van der Waals surface area contributed by atoms with Crippen LogP contribution in [0.4, 0.5) is 0 Å². The predicted octanol–water partition coefficient (Wildman–Crippen LogP) is 5.24. The summed E-state index contributed by atoms with van der Waals surface area (Å²) in [6.45, 7) is 0. The summed E-state index contributed by atoms with van der Waals surface area (Å²) in [5.74, 6) is 1.42. The molecule has 0 amide bonds. The molecule has 3 aromatic heterocycles. The molecule has 0 aliphatic carbocycles. The van der Waals surface area contributed by atoms with Gasteiger partial charge < -0.3 is 4.74 Å². The summed E-state index contributed by atoms with van der Waals surface area (Å²) in [5.41, 5.74) is 0.822. The van der Waals surface area contributed by atoms with E-state index in [1.165, 1.54) is 9.40 Å². The van der Waals surface area contributed by atoms with Crippen LogP contribution in [0, 0.1) is 0 Å². The zero-order valence-corrected chi connectivity index (χ0v) is 13.4. The van der Waals surface area contributed by atoms with Crippen LogP contribution in [-0.4, -0.2) is 17.1 Å². The Labute approximate surface area is 133 Å². The lowest BCUT2D eigenvalue weighted by atomic mass is 10.2. The van der Waals surface area contributed by atoms with Gasteiger partial charge in [-0.05, 0) is 35.7 Å². The Balaban J connectivity index is 1.91. The van der Waals surface area contributed by atoms with Crippen molar-refractivity contribution in [2.45, 2.75) is 0 Å². The molecule has 4 aromatic rings. The minimum Gasteiger partial charge on any atom is -0.497 e. The van der Waals surface area contributed by atoms with Gasteiger partial charge in [-0.15, -0.1) is 22.7 Å². The van der Waals surface area contributed by atoms with Crippen molar-refractivity contribution in [1.82, 2.24) is 9.97 Å². The number of thiophene rings is 2. The van der Waals surface area contributed by atoms with Crippen LogP contribution in [-0.2, 0) is 0 Å². The van der Waals surface area contributed by atoms with Crippen LogP contribution in [0.5, 0.6) is 5.75 Å². The number of methoxy groups -OCH3 is 1. The number of benzene rings is 1. The topological polar surface area (TPSA) is 35.0 Å². The van der Waals surface area contributed by atoms with Crippen LogP contribution in [0.1, 0.15) is 0 Å². The fourth-order valence-corrected chi connectivity index (χ4v) is 4.46. The van der Waals surface area contributed by atoms with Crippen LogP contribution in [0.3, 0.4) is 0 Å². The molecule has 0 aliphatic rings. The zero-order chi connectivity index (χ0) is 14.4. The van der Waals surface area contributed by atoms with Gasteiger partial charge in [-0.1, -0.05) is 11.6 Å². The van der Waals surface area contributed by atoms with E-state index in [0.717, 1.165) is 21.5 Å². The number of halogens is 1. The first kappa shape index (κ1) is 13.0. The summed E-state index contributed by atoms with van der Waals surface area (Å²) in [4.78, 5) is 10.1. The molecule has 3 heterocycles. The third kappa shape index (κ3) is 2.18. The Morgan fingerprint density at radius 1 is 1.10 bits per heavy atom. The van der Waals surface area contributed by atoms with Crippen molar-refractivity contribution in [2.75, 3.05) is 7.11 Å². The summed E-state index contributed by atoms with van der Waals surface area (Å²) < 4.78 is 7.72. The first-order valence-corrected chi connectivity index (χ1v) is 8.31. The quantitative estimate of drug-likeness (QED) is 0.471. The lowest BCUT2D eigenvalue weighted by molar-refractivity contribution is 0.415. The summed E-state index contributed by atoms with van der Waals surface area (Å²) in [7, 11) is 1.63. The van der Waals surface area contributed by atoms with Gasteiger partial charge in [-0.2, -0.15) is 0 Å². The summed E-state index contributed by atoms with van der Waals surface area (Å²) >= 11 is 9.72. The molecule has 0 spiro atoms. The van der Waals surface area contributed by atoms with Crippen LogP contribution in [0.15, 0.2) is 35.7 Å². The highest BCUT2D eigenvalue weighted by atomic mass is 35.5. The van der Waals surface area contributed by atoms with E-state index in [0.29, 0.717) is 11.0 Å². The molecular weight excluding hydrogens is 324 g/mol. The molecule has 0 saturated heterocycles. The fraction of sp³-hybridized carbons (Fsp3) is 0.0667. The number of hydrogen-bond acceptors (Lipinski definition) is 5. The van der Waals surface area contributed by atoms with E-state index in [4.69, 9.17) is 16.3 Å². The molecule has 4 rings (SSSR count). The molecule has 3 nitrogen and oxygen atoms in total. The highest BCUT2D eigenvalue weighted by molar-refractivity contribution is 7.28. The van der Waals surface area contributed by atoms with Gasteiger partial charge in [-0.25, -0.2) is 9.97 Å². The minimum atomic E-state index is 0.450. The summed E-state index contributed by atoms with van der Waals surface area (Å²) in [6.07, 6.45) is 0. The van der Waals surface area contributed by atoms with E-state index in [1.807, 2.05) is 18.2 Å². The third-order valence-corrected chi connectivity index (χ3v) is 5.59. The maximum Gasteiger partial charge on any atom is 0.171 e. The lowest BCUT2D eigenvalue weighted by Crippen LogP contribution is -1.91. The van der Waals surface area contributed by atoms with Crippen LogP contribution in [0.2, 0.25) is 5.15 Å². The molecular formula is C15H9ClN2OS2. The highest BCUT2D eigenvalue weighted by Crippen LogP contribution is 2.36. The molecule has 0 N–H and O–H groups in total. The van der Waals surface area contributed by atoms with E-state index >= 15 is 0 Å². The van der Waals surface area contributed by atoms with Gasteiger partial charge >= 0.3 is 0 Å². The SMILES string of the molecule is COc1ccc2nc(-c3cc4sccc4s3)nc(Cl)c2c1. The number of rotatable bonds is 2. The molecule has 0 bridgehead atoms. The first-order valence-electron chi connectivity index (χ1n) is 6.23. The second-order valence-electron chi connectivity index (χ2n) is 4.48. The molecule has 0 saturated carbocycles. The van der Waals surface area contributed by atoms with Gasteiger partial charge in [0.25, 0.3) is 0 Å². The maximum atomic E-state index is 6.31. The standard InChI is InChI=1S/C15H9ClN2OS2/c1-19-8-2-3-10-9(6-8)14(16)18-15(17-10)13-7-12-11(21-13)4-5-20-12/h2-7H,1H3. The smallest absolute Gasteiger partial charge is 0.171 e. The first-order chi connectivity index (χ1) is 10.2. The Morgan fingerprint density at radius 2 is 2.00 bits per heavy atom. The lowest BCUT2D eigenvalue weighted by Gasteiger charge is -2.05. The number of fused-ring (bicyclic) bond motifs is 2. The number of hydrogen-bond donors (Lipinski definition) is 0. The van der Waals surface area contributed by atoms with Crippen LogP contribution in [0.25, 0.3) is 31.0 Å².